The smallest absolute Gasteiger partial charge is 0.333 e. The van der Waals surface area contributed by atoms with Crippen LogP contribution in [0, 0.1) is 0 Å². The van der Waals surface area contributed by atoms with E-state index in [2.05, 4.69) is 4.74 Å². The zero-order chi connectivity index (χ0) is 9.19. The van der Waals surface area contributed by atoms with Crippen LogP contribution >= 0.6 is 11.6 Å². The van der Waals surface area contributed by atoms with Gasteiger partial charge in [0.2, 0.25) is 0 Å². The van der Waals surface area contributed by atoms with Crippen LogP contribution in [0.4, 0.5) is 0 Å². The number of alkyl halides is 1. The summed E-state index contributed by atoms with van der Waals surface area (Å²) in [5, 5.41) is 0. The number of allylic oxidation sites excluding steroid dienone is 2. The van der Waals surface area contributed by atoms with E-state index in [1.54, 1.807) is 18.2 Å². The fraction of sp³-hybridized carbons (Fsp3) is 0.375. The van der Waals surface area contributed by atoms with Gasteiger partial charge < -0.3 is 10.5 Å². The third-order valence-electron chi connectivity index (χ3n) is 1.58. The topological polar surface area (TPSA) is 52.3 Å². The minimum atomic E-state index is -0.946. The molecule has 0 radical (unpaired) electrons. The maximum absolute atomic E-state index is 11.0. The number of carbonyl (C=O) groups is 1. The van der Waals surface area contributed by atoms with Gasteiger partial charge in [-0.1, -0.05) is 23.8 Å². The van der Waals surface area contributed by atoms with Crippen LogP contribution in [0.2, 0.25) is 0 Å². The highest BCUT2D eigenvalue weighted by Gasteiger charge is 2.25. The number of ether oxygens (including phenoxy) is 1. The van der Waals surface area contributed by atoms with Crippen LogP contribution in [0.5, 0.6) is 0 Å². The summed E-state index contributed by atoms with van der Waals surface area (Å²) in [6.07, 6.45) is 5.25. The number of methoxy groups -OCH3 is 1. The van der Waals surface area contributed by atoms with E-state index in [0.29, 0.717) is 12.0 Å². The Hall–Kier alpha value is -0.800. The molecular weight excluding hydrogens is 178 g/mol. The van der Waals surface area contributed by atoms with Crippen molar-refractivity contribution in [2.45, 2.75) is 11.4 Å². The number of halogens is 1. The summed E-state index contributed by atoms with van der Waals surface area (Å²) < 4.78 is 4.53. The number of hydrogen-bond acceptors (Lipinski definition) is 3. The molecule has 0 aromatic carbocycles. The molecular formula is C8H10ClNO2. The lowest BCUT2D eigenvalue weighted by molar-refractivity contribution is -0.136. The maximum Gasteiger partial charge on any atom is 0.333 e. The van der Waals surface area contributed by atoms with Gasteiger partial charge in [0.15, 0.2) is 0 Å². The molecule has 0 saturated carbocycles. The average molecular weight is 188 g/mol. The highest BCUT2D eigenvalue weighted by atomic mass is 35.5. The molecule has 3 nitrogen and oxygen atoms in total. The molecule has 0 saturated heterocycles. The van der Waals surface area contributed by atoms with Crippen LogP contribution in [-0.4, -0.2) is 18.1 Å². The van der Waals surface area contributed by atoms with E-state index < -0.39 is 5.00 Å². The molecule has 12 heavy (non-hydrogen) atoms. The molecule has 1 rings (SSSR count). The van der Waals surface area contributed by atoms with Crippen LogP contribution in [-0.2, 0) is 9.53 Å². The molecule has 1 unspecified atom stereocenters. The number of nitrogens with two attached hydrogens (primary N) is 1. The van der Waals surface area contributed by atoms with Crippen molar-refractivity contribution in [2.75, 3.05) is 7.11 Å². The van der Waals surface area contributed by atoms with E-state index in [4.69, 9.17) is 17.3 Å². The lowest BCUT2D eigenvalue weighted by Crippen LogP contribution is -2.33. The molecule has 1 aliphatic rings. The fourth-order valence-corrected chi connectivity index (χ4v) is 1.22. The zero-order valence-electron chi connectivity index (χ0n) is 6.71. The van der Waals surface area contributed by atoms with Gasteiger partial charge in [-0.25, -0.2) is 4.79 Å². The highest BCUT2D eigenvalue weighted by Crippen LogP contribution is 2.24. The summed E-state index contributed by atoms with van der Waals surface area (Å²) in [6, 6.07) is 0. The van der Waals surface area contributed by atoms with E-state index in [1.807, 2.05) is 0 Å². The van der Waals surface area contributed by atoms with Gasteiger partial charge in [-0.3, -0.25) is 0 Å². The standard InChI is InChI=1S/C8H10ClNO2/c1-12-7(11)6-3-2-4-8(9,10)5-6/h2-4H,5,10H2,1H3. The predicted molar refractivity (Wildman–Crippen MR) is 46.6 cm³/mol. The van der Waals surface area contributed by atoms with E-state index in [9.17, 15) is 4.79 Å². The molecule has 0 fully saturated rings. The van der Waals surface area contributed by atoms with Crippen molar-refractivity contribution >= 4 is 17.6 Å². The maximum atomic E-state index is 11.0. The van der Waals surface area contributed by atoms with Crippen LogP contribution in [0.3, 0.4) is 0 Å². The lowest BCUT2D eigenvalue weighted by Gasteiger charge is -2.20. The van der Waals surface area contributed by atoms with Gasteiger partial charge in [-0.05, 0) is 6.08 Å². The van der Waals surface area contributed by atoms with Gasteiger partial charge in [-0.15, -0.1) is 0 Å². The number of carbonyl (C=O) groups excluding carboxylic acids is 1. The van der Waals surface area contributed by atoms with Crippen molar-refractivity contribution in [2.24, 2.45) is 5.73 Å². The van der Waals surface area contributed by atoms with Gasteiger partial charge in [0, 0.05) is 12.0 Å². The van der Waals surface area contributed by atoms with Crippen LogP contribution in [0.1, 0.15) is 6.42 Å². The second-order valence-electron chi connectivity index (χ2n) is 2.65. The van der Waals surface area contributed by atoms with Crippen molar-refractivity contribution in [1.82, 2.24) is 0 Å². The van der Waals surface area contributed by atoms with Crippen molar-refractivity contribution in [3.63, 3.8) is 0 Å². The number of hydrogen-bond donors (Lipinski definition) is 1. The second kappa shape index (κ2) is 3.29. The largest absolute Gasteiger partial charge is 0.466 e. The van der Waals surface area contributed by atoms with Crippen LogP contribution < -0.4 is 5.73 Å². The van der Waals surface area contributed by atoms with Crippen molar-refractivity contribution in [3.8, 4) is 0 Å². The normalized spacial score (nSPS) is 28.1. The molecule has 0 amide bonds. The summed E-state index contributed by atoms with van der Waals surface area (Å²) in [4.78, 5) is 10.1. The summed E-state index contributed by atoms with van der Waals surface area (Å²) >= 11 is 5.81. The Labute approximate surface area is 75.8 Å². The van der Waals surface area contributed by atoms with Gasteiger partial charge in [0.1, 0.15) is 5.00 Å². The van der Waals surface area contributed by atoms with Gasteiger partial charge in [0.25, 0.3) is 0 Å². The molecule has 0 aromatic rings. The molecule has 1 atom stereocenters. The molecule has 66 valence electrons. The van der Waals surface area contributed by atoms with E-state index in [0.717, 1.165) is 0 Å². The third-order valence-corrected chi connectivity index (χ3v) is 1.84. The Bertz CT molecular complexity index is 256. The first-order valence-corrected chi connectivity index (χ1v) is 3.87. The van der Waals surface area contributed by atoms with Gasteiger partial charge in [-0.2, -0.15) is 0 Å². The average Bonchev–Trinajstić information content (AvgIpc) is 2.01. The molecule has 0 spiro atoms. The Morgan fingerprint density at radius 1 is 1.83 bits per heavy atom. The first kappa shape index (κ1) is 9.29. The molecule has 0 heterocycles. The third kappa shape index (κ3) is 2.09. The first-order chi connectivity index (χ1) is 5.55. The summed E-state index contributed by atoms with van der Waals surface area (Å²) in [5.74, 6) is -0.380. The van der Waals surface area contributed by atoms with Crippen LogP contribution in [0.25, 0.3) is 0 Å². The molecule has 0 bridgehead atoms. The molecule has 2 N–H and O–H groups in total. The summed E-state index contributed by atoms with van der Waals surface area (Å²) in [7, 11) is 1.33. The fourth-order valence-electron chi connectivity index (χ4n) is 1.01. The second-order valence-corrected chi connectivity index (χ2v) is 3.35. The van der Waals surface area contributed by atoms with Crippen molar-refractivity contribution in [3.05, 3.63) is 23.8 Å². The lowest BCUT2D eigenvalue weighted by atomic mass is 10.0. The van der Waals surface area contributed by atoms with E-state index in [-0.39, 0.29) is 5.97 Å². The molecule has 0 aliphatic heterocycles. The predicted octanol–water partition coefficient (Wildman–Crippen LogP) is 0.940. The Kier molecular flexibility index (Phi) is 2.55. The number of esters is 1. The van der Waals surface area contributed by atoms with Crippen molar-refractivity contribution in [1.29, 1.82) is 0 Å². The SMILES string of the molecule is COC(=O)C1=CC=CC(N)(Cl)C1. The summed E-state index contributed by atoms with van der Waals surface area (Å²) in [5.41, 5.74) is 6.09. The molecule has 0 aromatic heterocycles. The Balaban J connectivity index is 2.76. The van der Waals surface area contributed by atoms with Gasteiger partial charge >= 0.3 is 5.97 Å². The van der Waals surface area contributed by atoms with Crippen molar-refractivity contribution < 1.29 is 9.53 Å². The molecule has 4 heteroatoms. The van der Waals surface area contributed by atoms with E-state index >= 15 is 0 Å². The van der Waals surface area contributed by atoms with Gasteiger partial charge in [0.05, 0.1) is 7.11 Å². The quantitative estimate of drug-likeness (QED) is 0.378. The minimum absolute atomic E-state index is 0.303. The first-order valence-electron chi connectivity index (χ1n) is 3.50. The Morgan fingerprint density at radius 2 is 2.50 bits per heavy atom. The molecule has 1 aliphatic carbocycles. The van der Waals surface area contributed by atoms with E-state index in [1.165, 1.54) is 7.11 Å². The zero-order valence-corrected chi connectivity index (χ0v) is 7.47. The number of rotatable bonds is 1. The van der Waals surface area contributed by atoms with Crippen LogP contribution in [0.15, 0.2) is 23.8 Å². The summed E-state index contributed by atoms with van der Waals surface area (Å²) in [6.45, 7) is 0. The highest BCUT2D eigenvalue weighted by molar-refractivity contribution is 6.25. The Morgan fingerprint density at radius 3 is 3.00 bits per heavy atom. The monoisotopic (exact) mass is 187 g/mol. The minimum Gasteiger partial charge on any atom is -0.466 e.